The van der Waals surface area contributed by atoms with E-state index >= 15 is 0 Å². The van der Waals surface area contributed by atoms with Gasteiger partial charge in [-0.15, -0.1) is 0 Å². The Morgan fingerprint density at radius 2 is 0.828 bits per heavy atom. The number of hydrogen-bond donors (Lipinski definition) is 0. The zero-order valence-electron chi connectivity index (χ0n) is 21.2. The van der Waals surface area contributed by atoms with Crippen molar-refractivity contribution in [2.45, 2.75) is 95.9 Å². The third kappa shape index (κ3) is 4.48. The van der Waals surface area contributed by atoms with E-state index in [9.17, 15) is 0 Å². The van der Waals surface area contributed by atoms with Crippen molar-refractivity contribution >= 4 is 0 Å². The fraction of sp³-hybridized carbons (Fsp3) is 0.714. The summed E-state index contributed by atoms with van der Waals surface area (Å²) in [6.45, 7) is 28.9. The molecule has 0 heterocycles. The first-order chi connectivity index (χ1) is 12.9. The Hall–Kier alpha value is -0.391. The molecule has 0 saturated carbocycles. The molecule has 0 unspecified atom stereocenters. The molecule has 0 aromatic carbocycles. The molecule has 0 nitrogen and oxygen atoms in total. The Kier molecular flexibility index (Phi) is 6.55. The van der Waals surface area contributed by atoms with Crippen LogP contribution in [0.4, 0.5) is 0 Å². The van der Waals surface area contributed by atoms with Crippen molar-refractivity contribution in [2.24, 2.45) is 32.5 Å². The molecule has 2 rings (SSSR count). The molecule has 0 aromatic heterocycles. The van der Waals surface area contributed by atoms with E-state index in [1.807, 2.05) is 0 Å². The Bertz CT molecular complexity index is 635. The van der Waals surface area contributed by atoms with E-state index in [0.717, 1.165) is 0 Å². The summed E-state index contributed by atoms with van der Waals surface area (Å²) < 4.78 is 3.20. The SMILES string of the molecule is CC(C)(C)C1(C(C)(C)C)C=C[C]([Ir+][C]2=CCC(C(C)(C)C)(C(C)(C)C)C=C2)=CC1. The van der Waals surface area contributed by atoms with Crippen LogP contribution < -0.4 is 0 Å². The molecular formula is C28H46Ir+. The Labute approximate surface area is 190 Å². The van der Waals surface area contributed by atoms with Crippen molar-refractivity contribution in [1.82, 2.24) is 0 Å². The van der Waals surface area contributed by atoms with Gasteiger partial charge in [-0.1, -0.05) is 0 Å². The predicted octanol–water partition coefficient (Wildman–Crippen LogP) is 8.91. The number of allylic oxidation sites excluding steroid dienone is 8. The Morgan fingerprint density at radius 3 is 1.00 bits per heavy atom. The monoisotopic (exact) mass is 575 g/mol. The first-order valence-electron chi connectivity index (χ1n) is 11.3. The van der Waals surface area contributed by atoms with Crippen molar-refractivity contribution in [3.63, 3.8) is 0 Å². The molecular weight excluding hydrogens is 529 g/mol. The average molecular weight is 575 g/mol. The topological polar surface area (TPSA) is 0 Å². The Morgan fingerprint density at radius 1 is 0.552 bits per heavy atom. The summed E-state index contributed by atoms with van der Waals surface area (Å²) in [6.07, 6.45) is 17.6. The molecule has 0 bridgehead atoms. The van der Waals surface area contributed by atoms with E-state index in [-0.39, 0.29) is 50.2 Å². The van der Waals surface area contributed by atoms with Crippen LogP contribution >= 0.6 is 0 Å². The third-order valence-electron chi connectivity index (χ3n) is 7.80. The summed E-state index contributed by atoms with van der Waals surface area (Å²) in [6, 6.07) is 0. The molecule has 0 aliphatic heterocycles. The average Bonchev–Trinajstić information content (AvgIpc) is 2.52. The standard InChI is InChI=1S/2C14H23.Ir/c2*1-12(2,3)14(13(4,5)6)10-8-7-9-11-14;/h2*8-10H,11H2,1-6H3;/q;;+1. The normalized spacial score (nSPS) is 22.5. The first-order valence-corrected chi connectivity index (χ1v) is 13.7. The maximum atomic E-state index is 2.57. The van der Waals surface area contributed by atoms with Crippen LogP contribution in [0.5, 0.6) is 0 Å². The van der Waals surface area contributed by atoms with Gasteiger partial charge >= 0.3 is 191 Å². The number of hydrogen-bond acceptors (Lipinski definition) is 0. The van der Waals surface area contributed by atoms with Gasteiger partial charge in [0.05, 0.1) is 0 Å². The van der Waals surface area contributed by atoms with Crippen molar-refractivity contribution < 1.29 is 17.7 Å². The fourth-order valence-electron chi connectivity index (χ4n) is 5.93. The molecule has 0 radical (unpaired) electrons. The third-order valence-corrected chi connectivity index (χ3v) is 11.0. The summed E-state index contributed by atoms with van der Waals surface area (Å²) >= 11 is -0.258. The van der Waals surface area contributed by atoms with Crippen molar-refractivity contribution in [3.05, 3.63) is 44.6 Å². The molecule has 0 aromatic rings. The van der Waals surface area contributed by atoms with Gasteiger partial charge in [0, 0.05) is 0 Å². The van der Waals surface area contributed by atoms with Gasteiger partial charge in [-0.05, 0) is 0 Å². The summed E-state index contributed by atoms with van der Waals surface area (Å²) in [5.41, 5.74) is 1.47. The second-order valence-corrected chi connectivity index (χ2v) is 16.6. The van der Waals surface area contributed by atoms with Crippen LogP contribution in [-0.4, -0.2) is 0 Å². The predicted molar refractivity (Wildman–Crippen MR) is 126 cm³/mol. The summed E-state index contributed by atoms with van der Waals surface area (Å²) in [5, 5.41) is 0. The maximum absolute atomic E-state index is 2.57. The number of rotatable bonds is 2. The van der Waals surface area contributed by atoms with Crippen LogP contribution in [0.1, 0.15) is 95.9 Å². The molecule has 0 atom stereocenters. The van der Waals surface area contributed by atoms with Crippen LogP contribution in [0.15, 0.2) is 44.6 Å². The second kappa shape index (κ2) is 7.63. The van der Waals surface area contributed by atoms with Gasteiger partial charge in [-0.25, -0.2) is 0 Å². The molecule has 0 spiro atoms. The van der Waals surface area contributed by atoms with E-state index in [1.165, 1.54) is 12.8 Å². The van der Waals surface area contributed by atoms with Gasteiger partial charge < -0.3 is 0 Å². The molecule has 29 heavy (non-hydrogen) atoms. The Balaban J connectivity index is 2.21. The van der Waals surface area contributed by atoms with Crippen molar-refractivity contribution in [3.8, 4) is 0 Å². The van der Waals surface area contributed by atoms with Gasteiger partial charge in [-0.3, -0.25) is 0 Å². The van der Waals surface area contributed by atoms with E-state index in [1.54, 1.807) is 8.17 Å². The van der Waals surface area contributed by atoms with Gasteiger partial charge in [0.1, 0.15) is 0 Å². The van der Waals surface area contributed by atoms with Crippen LogP contribution in [0.2, 0.25) is 0 Å². The minimum atomic E-state index is -0.258. The van der Waals surface area contributed by atoms with Gasteiger partial charge in [-0.2, -0.15) is 0 Å². The fourth-order valence-corrected chi connectivity index (χ4v) is 8.50. The van der Waals surface area contributed by atoms with Crippen LogP contribution in [0.3, 0.4) is 0 Å². The van der Waals surface area contributed by atoms with Crippen LogP contribution in [0, 0.1) is 32.5 Å². The summed E-state index contributed by atoms with van der Waals surface area (Å²) in [7, 11) is 0. The minimum absolute atomic E-state index is 0.222. The van der Waals surface area contributed by atoms with E-state index < -0.39 is 0 Å². The first kappa shape index (κ1) is 24.9. The zero-order valence-corrected chi connectivity index (χ0v) is 23.6. The molecule has 0 N–H and O–H groups in total. The summed E-state index contributed by atoms with van der Waals surface area (Å²) in [4.78, 5) is 0. The van der Waals surface area contributed by atoms with E-state index in [0.29, 0.717) is 0 Å². The zero-order chi connectivity index (χ0) is 22.5. The summed E-state index contributed by atoms with van der Waals surface area (Å²) in [5.74, 6) is 0. The quantitative estimate of drug-likeness (QED) is 0.309. The van der Waals surface area contributed by atoms with Crippen LogP contribution in [0.25, 0.3) is 0 Å². The van der Waals surface area contributed by atoms with E-state index in [4.69, 9.17) is 0 Å². The molecule has 0 amide bonds. The van der Waals surface area contributed by atoms with Gasteiger partial charge in [0.2, 0.25) is 0 Å². The van der Waals surface area contributed by atoms with Crippen LogP contribution in [-0.2, 0) is 17.7 Å². The molecule has 2 aliphatic rings. The molecule has 1 heteroatoms. The molecule has 2 aliphatic carbocycles. The van der Waals surface area contributed by atoms with Gasteiger partial charge in [0.25, 0.3) is 0 Å². The second-order valence-electron chi connectivity index (χ2n) is 13.2. The van der Waals surface area contributed by atoms with E-state index in [2.05, 4.69) is 120 Å². The molecule has 0 saturated heterocycles. The van der Waals surface area contributed by atoms with Gasteiger partial charge in [0.15, 0.2) is 0 Å². The molecule has 166 valence electrons. The van der Waals surface area contributed by atoms with Crippen molar-refractivity contribution in [1.29, 1.82) is 0 Å². The van der Waals surface area contributed by atoms with Crippen molar-refractivity contribution in [2.75, 3.05) is 0 Å². The molecule has 0 fully saturated rings.